The molecule has 0 fully saturated rings. The standard InChI is InChI=1S/C32H28N4O5S/c1-18-9-11-19(12-10-18)31-30(32(38)33-2)23-14-21(27(16-29(23)41-31)36(3)42(4,39)40)25-15-22(28(37)17-34-25)26-13-20-7-5-6-8-24(20)35-26/h5-17,35,37H,1-4H3,(H,33,38). The number of benzene rings is 3. The number of anilines is 1. The summed E-state index contributed by atoms with van der Waals surface area (Å²) in [5.41, 5.74) is 5.63. The highest BCUT2D eigenvalue weighted by molar-refractivity contribution is 7.92. The molecule has 0 saturated heterocycles. The van der Waals surface area contributed by atoms with Gasteiger partial charge in [-0.15, -0.1) is 0 Å². The Morgan fingerprint density at radius 3 is 2.45 bits per heavy atom. The lowest BCUT2D eigenvalue weighted by Crippen LogP contribution is -2.25. The van der Waals surface area contributed by atoms with E-state index < -0.39 is 10.0 Å². The van der Waals surface area contributed by atoms with Gasteiger partial charge in [0.25, 0.3) is 5.91 Å². The zero-order chi connectivity index (χ0) is 29.8. The number of aromatic hydroxyl groups is 1. The number of fused-ring (bicyclic) bond motifs is 2. The molecule has 3 heterocycles. The Morgan fingerprint density at radius 2 is 1.76 bits per heavy atom. The molecule has 0 radical (unpaired) electrons. The summed E-state index contributed by atoms with van der Waals surface area (Å²) in [6, 6.07) is 22.3. The zero-order valence-corrected chi connectivity index (χ0v) is 24.2. The van der Waals surface area contributed by atoms with E-state index >= 15 is 0 Å². The number of hydrogen-bond acceptors (Lipinski definition) is 6. The Balaban J connectivity index is 1.63. The average Bonchev–Trinajstić information content (AvgIpc) is 3.57. The molecule has 212 valence electrons. The van der Waals surface area contributed by atoms with Crippen LogP contribution < -0.4 is 9.62 Å². The van der Waals surface area contributed by atoms with Gasteiger partial charge >= 0.3 is 0 Å². The minimum atomic E-state index is -3.69. The minimum Gasteiger partial charge on any atom is -0.506 e. The Bertz CT molecular complexity index is 2080. The molecule has 3 aromatic carbocycles. The monoisotopic (exact) mass is 580 g/mol. The van der Waals surface area contributed by atoms with Crippen molar-refractivity contribution in [2.45, 2.75) is 6.92 Å². The van der Waals surface area contributed by atoms with E-state index in [1.807, 2.05) is 61.5 Å². The molecule has 0 atom stereocenters. The van der Waals surface area contributed by atoms with Crippen molar-refractivity contribution in [3.8, 4) is 39.6 Å². The number of para-hydroxylation sites is 1. The van der Waals surface area contributed by atoms with Gasteiger partial charge in [0.1, 0.15) is 17.1 Å². The van der Waals surface area contributed by atoms with E-state index in [4.69, 9.17) is 4.42 Å². The lowest BCUT2D eigenvalue weighted by atomic mass is 9.99. The first-order valence-electron chi connectivity index (χ1n) is 13.2. The summed E-state index contributed by atoms with van der Waals surface area (Å²) in [5.74, 6) is -0.0239. The largest absolute Gasteiger partial charge is 0.506 e. The summed E-state index contributed by atoms with van der Waals surface area (Å²) < 4.78 is 32.9. The first-order chi connectivity index (χ1) is 20.0. The van der Waals surface area contributed by atoms with Crippen LogP contribution in [-0.4, -0.2) is 49.8 Å². The van der Waals surface area contributed by atoms with Crippen molar-refractivity contribution in [3.05, 3.63) is 90.1 Å². The first-order valence-corrected chi connectivity index (χ1v) is 15.0. The second-order valence-corrected chi connectivity index (χ2v) is 12.2. The number of aromatic nitrogens is 2. The van der Waals surface area contributed by atoms with Gasteiger partial charge in [0, 0.05) is 53.1 Å². The second kappa shape index (κ2) is 10.1. The summed E-state index contributed by atoms with van der Waals surface area (Å²) >= 11 is 0. The van der Waals surface area contributed by atoms with Crippen molar-refractivity contribution in [2.75, 3.05) is 24.7 Å². The summed E-state index contributed by atoms with van der Waals surface area (Å²) in [6.45, 7) is 1.97. The van der Waals surface area contributed by atoms with E-state index in [1.165, 1.54) is 13.2 Å². The second-order valence-electron chi connectivity index (χ2n) is 10.2. The molecular formula is C32H28N4O5S. The zero-order valence-electron chi connectivity index (χ0n) is 23.4. The van der Waals surface area contributed by atoms with Gasteiger partial charge in [0.2, 0.25) is 10.0 Å². The molecule has 6 rings (SSSR count). The van der Waals surface area contributed by atoms with Crippen LogP contribution in [0.25, 0.3) is 55.7 Å². The molecule has 0 aliphatic carbocycles. The maximum Gasteiger partial charge on any atom is 0.255 e. The van der Waals surface area contributed by atoms with E-state index in [-0.39, 0.29) is 11.7 Å². The number of amides is 1. The highest BCUT2D eigenvalue weighted by Gasteiger charge is 2.26. The van der Waals surface area contributed by atoms with Crippen molar-refractivity contribution < 1.29 is 22.7 Å². The van der Waals surface area contributed by atoms with Gasteiger partial charge in [-0.3, -0.25) is 14.1 Å². The molecular weight excluding hydrogens is 552 g/mol. The Morgan fingerprint density at radius 1 is 1.02 bits per heavy atom. The Labute approximate surface area is 242 Å². The molecule has 0 aliphatic rings. The number of pyridine rings is 1. The maximum atomic E-state index is 13.2. The smallest absolute Gasteiger partial charge is 0.255 e. The number of rotatable bonds is 6. The number of carbonyl (C=O) groups is 1. The number of furan rings is 1. The van der Waals surface area contributed by atoms with E-state index in [2.05, 4.69) is 15.3 Å². The predicted octanol–water partition coefficient (Wildman–Crippen LogP) is 6.08. The molecule has 0 unspecified atom stereocenters. The van der Waals surface area contributed by atoms with E-state index in [0.717, 1.165) is 27.0 Å². The molecule has 6 aromatic rings. The molecule has 0 spiro atoms. The van der Waals surface area contributed by atoms with Crippen LogP contribution >= 0.6 is 0 Å². The average molecular weight is 581 g/mol. The maximum absolute atomic E-state index is 13.2. The minimum absolute atomic E-state index is 0.0413. The van der Waals surface area contributed by atoms with Gasteiger partial charge in [-0.2, -0.15) is 0 Å². The van der Waals surface area contributed by atoms with Gasteiger partial charge in [0.15, 0.2) is 0 Å². The molecule has 0 bridgehead atoms. The van der Waals surface area contributed by atoms with Gasteiger partial charge in [-0.25, -0.2) is 8.42 Å². The normalized spacial score (nSPS) is 11.7. The van der Waals surface area contributed by atoms with E-state index in [9.17, 15) is 18.3 Å². The highest BCUT2D eigenvalue weighted by atomic mass is 32.2. The van der Waals surface area contributed by atoms with Crippen LogP contribution in [0.5, 0.6) is 5.75 Å². The van der Waals surface area contributed by atoms with Crippen LogP contribution in [0.15, 0.2) is 83.4 Å². The molecule has 1 amide bonds. The lowest BCUT2D eigenvalue weighted by molar-refractivity contribution is 0.0964. The number of carbonyl (C=O) groups excluding carboxylic acids is 1. The van der Waals surface area contributed by atoms with Gasteiger partial charge in [0.05, 0.1) is 35.1 Å². The summed E-state index contributed by atoms with van der Waals surface area (Å²) in [5, 5.41) is 14.9. The van der Waals surface area contributed by atoms with Crippen LogP contribution in [-0.2, 0) is 10.0 Å². The number of aryl methyl sites for hydroxylation is 1. The third-order valence-electron chi connectivity index (χ3n) is 7.39. The number of aromatic amines is 1. The van der Waals surface area contributed by atoms with Gasteiger partial charge in [-0.05, 0) is 31.2 Å². The number of nitrogens with zero attached hydrogens (tertiary/aromatic N) is 2. The van der Waals surface area contributed by atoms with Crippen molar-refractivity contribution in [1.29, 1.82) is 0 Å². The number of nitrogens with one attached hydrogen (secondary N) is 2. The van der Waals surface area contributed by atoms with Crippen LogP contribution in [0.1, 0.15) is 15.9 Å². The molecule has 0 saturated carbocycles. The highest BCUT2D eigenvalue weighted by Crippen LogP contribution is 2.42. The fourth-order valence-electron chi connectivity index (χ4n) is 5.06. The predicted molar refractivity (Wildman–Crippen MR) is 165 cm³/mol. The molecule has 0 aliphatic heterocycles. The molecule has 9 nitrogen and oxygen atoms in total. The van der Waals surface area contributed by atoms with Crippen molar-refractivity contribution in [3.63, 3.8) is 0 Å². The summed E-state index contributed by atoms with van der Waals surface area (Å²) in [4.78, 5) is 21.0. The Hall–Kier alpha value is -5.09. The van der Waals surface area contributed by atoms with Crippen molar-refractivity contribution >= 4 is 43.5 Å². The van der Waals surface area contributed by atoms with Crippen LogP contribution in [0.2, 0.25) is 0 Å². The van der Waals surface area contributed by atoms with Crippen LogP contribution in [0.3, 0.4) is 0 Å². The van der Waals surface area contributed by atoms with E-state index in [1.54, 1.807) is 25.2 Å². The number of sulfonamides is 1. The van der Waals surface area contributed by atoms with Crippen molar-refractivity contribution in [2.24, 2.45) is 0 Å². The molecule has 3 aromatic heterocycles. The van der Waals surface area contributed by atoms with Gasteiger partial charge in [-0.1, -0.05) is 48.0 Å². The molecule has 42 heavy (non-hydrogen) atoms. The fourth-order valence-corrected chi connectivity index (χ4v) is 5.57. The molecule has 3 N–H and O–H groups in total. The number of H-pyrrole nitrogens is 1. The topological polar surface area (TPSA) is 129 Å². The van der Waals surface area contributed by atoms with Crippen molar-refractivity contribution in [1.82, 2.24) is 15.3 Å². The van der Waals surface area contributed by atoms with Crippen LogP contribution in [0, 0.1) is 6.92 Å². The van der Waals surface area contributed by atoms with E-state index in [0.29, 0.717) is 56.1 Å². The molecule has 10 heteroatoms. The first kappa shape index (κ1) is 27.1. The summed E-state index contributed by atoms with van der Waals surface area (Å²) in [6.07, 6.45) is 2.44. The van der Waals surface area contributed by atoms with Gasteiger partial charge < -0.3 is 19.8 Å². The third-order valence-corrected chi connectivity index (χ3v) is 8.58. The fraction of sp³-hybridized carbons (Fsp3) is 0.125. The quantitative estimate of drug-likeness (QED) is 0.219. The SMILES string of the molecule is CNC(=O)c1c(-c2ccc(C)cc2)oc2cc(N(C)S(C)(=O)=O)c(-c3cc(-c4cc5ccccc5[nH]4)c(O)cn3)cc12. The summed E-state index contributed by atoms with van der Waals surface area (Å²) in [7, 11) is -0.705. The van der Waals surface area contributed by atoms with Crippen LogP contribution in [0.4, 0.5) is 5.69 Å². The number of hydrogen-bond donors (Lipinski definition) is 3. The Kier molecular flexibility index (Phi) is 6.50. The third kappa shape index (κ3) is 4.65. The lowest BCUT2D eigenvalue weighted by Gasteiger charge is -2.20.